The molecule has 1 saturated carbocycles. The molecule has 28 heavy (non-hydrogen) atoms. The first kappa shape index (κ1) is 18.6. The zero-order valence-electron chi connectivity index (χ0n) is 14.9. The van der Waals surface area contributed by atoms with Crippen LogP contribution >= 0.6 is 15.9 Å². The molecule has 2 aliphatic rings. The van der Waals surface area contributed by atoms with Crippen molar-refractivity contribution in [3.8, 4) is 11.5 Å². The molecule has 2 heterocycles. The fourth-order valence-corrected chi connectivity index (χ4v) is 3.56. The maximum atomic E-state index is 12.0. The Hall–Kier alpha value is -2.74. The van der Waals surface area contributed by atoms with Gasteiger partial charge in [0.15, 0.2) is 22.8 Å². The van der Waals surface area contributed by atoms with Crippen LogP contribution in [0.1, 0.15) is 31.4 Å². The maximum absolute atomic E-state index is 12.0. The Morgan fingerprint density at radius 3 is 2.68 bits per heavy atom. The number of nitrogens with one attached hydrogen (secondary N) is 1. The minimum Gasteiger partial charge on any atom is -0.452 e. The predicted molar refractivity (Wildman–Crippen MR) is 104 cm³/mol. The number of carbonyl (C=O) groups excluding carboxylic acids is 2. The highest BCUT2D eigenvalue weighted by atomic mass is 79.9. The smallest absolute Gasteiger partial charge is 0.331 e. The number of carbonyl (C=O) groups is 2. The molecule has 0 bridgehead atoms. The second kappa shape index (κ2) is 7.71. The lowest BCUT2D eigenvalue weighted by Gasteiger charge is -2.21. The summed E-state index contributed by atoms with van der Waals surface area (Å²) in [5.74, 6) is 0.156. The highest BCUT2D eigenvalue weighted by molar-refractivity contribution is 9.10. The van der Waals surface area contributed by atoms with Gasteiger partial charge in [0, 0.05) is 30.7 Å². The van der Waals surface area contributed by atoms with Gasteiger partial charge < -0.3 is 23.9 Å². The molecule has 0 atom stereocenters. The van der Waals surface area contributed by atoms with Crippen molar-refractivity contribution in [1.29, 1.82) is 0 Å². The summed E-state index contributed by atoms with van der Waals surface area (Å²) in [6.07, 6.45) is 6.54. The van der Waals surface area contributed by atoms with E-state index in [0.29, 0.717) is 27.6 Å². The van der Waals surface area contributed by atoms with Crippen molar-refractivity contribution in [2.75, 3.05) is 11.9 Å². The minimum atomic E-state index is -0.642. The molecule has 1 aromatic heterocycles. The summed E-state index contributed by atoms with van der Waals surface area (Å²) in [4.78, 5) is 23.7. The van der Waals surface area contributed by atoms with Crippen LogP contribution in [0.3, 0.4) is 0 Å². The Kier molecular flexibility index (Phi) is 5.13. The Morgan fingerprint density at radius 2 is 1.93 bits per heavy atom. The van der Waals surface area contributed by atoms with Crippen LogP contribution in [0.2, 0.25) is 0 Å². The second-order valence-electron chi connectivity index (χ2n) is 6.61. The molecule has 0 radical (unpaired) electrons. The van der Waals surface area contributed by atoms with Crippen LogP contribution in [0.5, 0.6) is 11.5 Å². The second-order valence-corrected chi connectivity index (χ2v) is 7.40. The number of esters is 1. The van der Waals surface area contributed by atoms with Crippen molar-refractivity contribution in [1.82, 2.24) is 0 Å². The van der Waals surface area contributed by atoms with Gasteiger partial charge in [0.2, 0.25) is 0 Å². The molecule has 146 valence electrons. The summed E-state index contributed by atoms with van der Waals surface area (Å²) in [5, 5.41) is 2.68. The van der Waals surface area contributed by atoms with E-state index in [1.54, 1.807) is 30.3 Å². The molecule has 1 fully saturated rings. The largest absolute Gasteiger partial charge is 0.452 e. The molecule has 1 N–H and O–H groups in total. The van der Waals surface area contributed by atoms with Crippen LogP contribution in [-0.2, 0) is 14.3 Å². The summed E-state index contributed by atoms with van der Waals surface area (Å²) in [7, 11) is 0. The monoisotopic (exact) mass is 447 g/mol. The number of fused-ring (bicyclic) bond motifs is 1. The molecule has 1 spiro atoms. The van der Waals surface area contributed by atoms with Crippen LogP contribution in [0.25, 0.3) is 6.08 Å². The lowest BCUT2D eigenvalue weighted by molar-refractivity contribution is -0.142. The van der Waals surface area contributed by atoms with E-state index in [1.165, 1.54) is 12.2 Å². The van der Waals surface area contributed by atoms with E-state index in [-0.39, 0.29) is 0 Å². The summed E-state index contributed by atoms with van der Waals surface area (Å²) in [6, 6.07) is 8.61. The lowest BCUT2D eigenvalue weighted by atomic mass is 10.2. The molecule has 1 aromatic carbocycles. The molecule has 1 aliphatic heterocycles. The molecule has 1 amide bonds. The van der Waals surface area contributed by atoms with Crippen molar-refractivity contribution in [2.24, 2.45) is 0 Å². The van der Waals surface area contributed by atoms with E-state index < -0.39 is 24.3 Å². The number of halogens is 1. The Bertz CT molecular complexity index is 929. The minimum absolute atomic E-state index is 0.399. The number of amides is 1. The van der Waals surface area contributed by atoms with Gasteiger partial charge in [-0.05, 0) is 59.1 Å². The highest BCUT2D eigenvalue weighted by Crippen LogP contribution is 2.47. The van der Waals surface area contributed by atoms with E-state index in [2.05, 4.69) is 21.2 Å². The number of ether oxygens (including phenoxy) is 3. The molecule has 0 unspecified atom stereocenters. The van der Waals surface area contributed by atoms with Gasteiger partial charge in [0.1, 0.15) is 5.76 Å². The zero-order chi connectivity index (χ0) is 19.6. The van der Waals surface area contributed by atoms with Crippen molar-refractivity contribution in [3.63, 3.8) is 0 Å². The summed E-state index contributed by atoms with van der Waals surface area (Å²) in [6.45, 7) is -0.399. The third-order valence-electron chi connectivity index (χ3n) is 4.51. The van der Waals surface area contributed by atoms with Crippen LogP contribution < -0.4 is 14.8 Å². The standard InChI is InChI=1S/C20H18BrNO6/c21-17-7-4-14(26-17)5-8-19(24)25-12-18(23)22-13-3-6-15-16(11-13)28-20(27-15)9-1-2-10-20/h3-8,11H,1-2,9-10,12H2,(H,22,23)/b8-5+. The number of hydrogen-bond acceptors (Lipinski definition) is 6. The van der Waals surface area contributed by atoms with Crippen molar-refractivity contribution in [2.45, 2.75) is 31.5 Å². The average Bonchev–Trinajstić information content (AvgIpc) is 3.38. The van der Waals surface area contributed by atoms with Crippen molar-refractivity contribution < 1.29 is 28.2 Å². The fourth-order valence-electron chi connectivity index (χ4n) is 3.24. The van der Waals surface area contributed by atoms with E-state index in [1.807, 2.05) is 0 Å². The highest BCUT2D eigenvalue weighted by Gasteiger charge is 2.44. The van der Waals surface area contributed by atoms with Gasteiger partial charge in [-0.3, -0.25) is 4.79 Å². The molecule has 8 heteroatoms. The summed E-state index contributed by atoms with van der Waals surface area (Å²) >= 11 is 3.17. The number of anilines is 1. The van der Waals surface area contributed by atoms with Crippen molar-refractivity contribution in [3.05, 3.63) is 46.8 Å². The van der Waals surface area contributed by atoms with Gasteiger partial charge in [0.25, 0.3) is 11.7 Å². The first-order valence-corrected chi connectivity index (χ1v) is 9.73. The van der Waals surface area contributed by atoms with E-state index >= 15 is 0 Å². The van der Waals surface area contributed by atoms with Crippen LogP contribution in [-0.4, -0.2) is 24.3 Å². The van der Waals surface area contributed by atoms with E-state index in [9.17, 15) is 9.59 Å². The van der Waals surface area contributed by atoms with Gasteiger partial charge in [-0.2, -0.15) is 0 Å². The van der Waals surface area contributed by atoms with Crippen LogP contribution in [0.4, 0.5) is 5.69 Å². The van der Waals surface area contributed by atoms with Gasteiger partial charge in [-0.15, -0.1) is 0 Å². The lowest BCUT2D eigenvalue weighted by Crippen LogP contribution is -2.34. The number of furan rings is 1. The SMILES string of the molecule is O=C(COC(=O)/C=C/c1ccc(Br)o1)Nc1ccc2c(c1)OC1(CCCC1)O2. The van der Waals surface area contributed by atoms with Crippen molar-refractivity contribution >= 4 is 39.6 Å². The quantitative estimate of drug-likeness (QED) is 0.543. The molecule has 7 nitrogen and oxygen atoms in total. The number of benzene rings is 1. The fraction of sp³-hybridized carbons (Fsp3) is 0.300. The Morgan fingerprint density at radius 1 is 1.14 bits per heavy atom. The summed E-state index contributed by atoms with van der Waals surface area (Å²) in [5.41, 5.74) is 0.550. The Labute approximate surface area is 169 Å². The number of hydrogen-bond donors (Lipinski definition) is 1. The zero-order valence-corrected chi connectivity index (χ0v) is 16.5. The van der Waals surface area contributed by atoms with E-state index in [0.717, 1.165) is 25.7 Å². The van der Waals surface area contributed by atoms with Crippen LogP contribution in [0.15, 0.2) is 45.5 Å². The molecule has 2 aromatic rings. The molecule has 4 rings (SSSR count). The number of rotatable bonds is 5. The molecule has 1 aliphatic carbocycles. The topological polar surface area (TPSA) is 87.0 Å². The normalized spacial score (nSPS) is 16.6. The van der Waals surface area contributed by atoms with Crippen LogP contribution in [0, 0.1) is 0 Å². The first-order chi connectivity index (χ1) is 13.5. The molecule has 0 saturated heterocycles. The third-order valence-corrected chi connectivity index (χ3v) is 4.93. The van der Waals surface area contributed by atoms with Gasteiger partial charge in [0.05, 0.1) is 0 Å². The van der Waals surface area contributed by atoms with Gasteiger partial charge >= 0.3 is 5.97 Å². The molecular formula is C20H18BrNO6. The van der Waals surface area contributed by atoms with Gasteiger partial charge in [-0.25, -0.2) is 4.79 Å². The average molecular weight is 448 g/mol. The molecular weight excluding hydrogens is 430 g/mol. The maximum Gasteiger partial charge on any atom is 0.331 e. The predicted octanol–water partition coefficient (Wildman–Crippen LogP) is 4.28. The van der Waals surface area contributed by atoms with E-state index in [4.69, 9.17) is 18.6 Å². The summed E-state index contributed by atoms with van der Waals surface area (Å²) < 4.78 is 22.6. The third kappa shape index (κ3) is 4.22. The Balaban J connectivity index is 1.28. The van der Waals surface area contributed by atoms with Gasteiger partial charge in [-0.1, -0.05) is 0 Å². The first-order valence-electron chi connectivity index (χ1n) is 8.93.